The van der Waals surface area contributed by atoms with Gasteiger partial charge in [-0.1, -0.05) is 0 Å². The van der Waals surface area contributed by atoms with E-state index in [2.05, 4.69) is 0 Å². The molecule has 0 atom stereocenters. The van der Waals surface area contributed by atoms with Crippen molar-refractivity contribution in [3.05, 3.63) is 23.5 Å². The maximum Gasteiger partial charge on any atom is 0.250 e. The largest absolute Gasteiger partial charge is 0.398 e. The first kappa shape index (κ1) is 14.1. The molecule has 6 nitrogen and oxygen atoms in total. The molecule has 0 unspecified atom stereocenters. The second-order valence-electron chi connectivity index (χ2n) is 5.39. The Hall–Kier alpha value is -1.86. The summed E-state index contributed by atoms with van der Waals surface area (Å²) in [5.41, 5.74) is 11.4. The van der Waals surface area contributed by atoms with Crippen molar-refractivity contribution < 1.29 is 18.7 Å². The van der Waals surface area contributed by atoms with Gasteiger partial charge in [0.15, 0.2) is 5.79 Å². The highest BCUT2D eigenvalue weighted by Crippen LogP contribution is 2.34. The van der Waals surface area contributed by atoms with E-state index in [9.17, 15) is 9.18 Å². The number of primary amides is 1. The minimum atomic E-state index is -0.672. The predicted octanol–water partition coefficient (Wildman–Crippen LogP) is 0.850. The van der Waals surface area contributed by atoms with E-state index in [0.717, 1.165) is 18.9 Å². The van der Waals surface area contributed by atoms with Gasteiger partial charge in [0.05, 0.1) is 31.0 Å². The number of hydrogen-bond acceptors (Lipinski definition) is 5. The molecule has 2 aliphatic heterocycles. The maximum absolute atomic E-state index is 14.2. The first-order chi connectivity index (χ1) is 10.0. The number of carbonyl (C=O) groups is 1. The molecule has 1 aromatic carbocycles. The van der Waals surface area contributed by atoms with E-state index in [1.807, 2.05) is 4.90 Å². The molecule has 21 heavy (non-hydrogen) atoms. The van der Waals surface area contributed by atoms with Crippen molar-refractivity contribution in [1.82, 2.24) is 0 Å². The Kier molecular flexibility index (Phi) is 3.46. The van der Waals surface area contributed by atoms with E-state index >= 15 is 0 Å². The summed E-state index contributed by atoms with van der Waals surface area (Å²) in [7, 11) is 0. The van der Waals surface area contributed by atoms with Crippen LogP contribution in [-0.4, -0.2) is 38.0 Å². The summed E-state index contributed by atoms with van der Waals surface area (Å²) in [5, 5.41) is 0. The summed E-state index contributed by atoms with van der Waals surface area (Å²) < 4.78 is 25.5. The second-order valence-corrected chi connectivity index (χ2v) is 5.39. The van der Waals surface area contributed by atoms with Crippen LogP contribution in [0.1, 0.15) is 23.2 Å². The minimum Gasteiger partial charge on any atom is -0.398 e. The van der Waals surface area contributed by atoms with Gasteiger partial charge in [0.1, 0.15) is 5.82 Å². The molecule has 7 heteroatoms. The van der Waals surface area contributed by atoms with Crippen molar-refractivity contribution in [3.63, 3.8) is 0 Å². The highest BCUT2D eigenvalue weighted by atomic mass is 19.1. The lowest BCUT2D eigenvalue weighted by Crippen LogP contribution is -2.49. The fraction of sp³-hybridized carbons (Fsp3) is 0.500. The van der Waals surface area contributed by atoms with Gasteiger partial charge in [-0.15, -0.1) is 0 Å². The van der Waals surface area contributed by atoms with Gasteiger partial charge in [0, 0.05) is 18.7 Å². The third-order valence-corrected chi connectivity index (χ3v) is 3.96. The van der Waals surface area contributed by atoms with Crippen LogP contribution in [0.15, 0.2) is 12.1 Å². The van der Waals surface area contributed by atoms with E-state index in [0.29, 0.717) is 32.0 Å². The minimum absolute atomic E-state index is 0.0452. The molecule has 0 aliphatic carbocycles. The number of ether oxygens (including phenoxy) is 2. The highest BCUT2D eigenvalue weighted by molar-refractivity contribution is 5.99. The average molecular weight is 295 g/mol. The average Bonchev–Trinajstić information content (AvgIpc) is 2.86. The SMILES string of the molecule is NC(=O)c1cc(N2CCCC3(C2)OCCO3)c(F)cc1N. The third-order valence-electron chi connectivity index (χ3n) is 3.96. The number of halogens is 1. The number of anilines is 2. The van der Waals surface area contributed by atoms with E-state index in [4.69, 9.17) is 20.9 Å². The fourth-order valence-electron chi connectivity index (χ4n) is 2.96. The molecular formula is C14H18FN3O3. The van der Waals surface area contributed by atoms with Crippen LogP contribution < -0.4 is 16.4 Å². The molecule has 0 aromatic heterocycles. The van der Waals surface area contributed by atoms with E-state index in [1.165, 1.54) is 6.07 Å². The van der Waals surface area contributed by atoms with Crippen LogP contribution in [-0.2, 0) is 9.47 Å². The third kappa shape index (κ3) is 2.54. The Bertz CT molecular complexity index is 573. The number of nitrogens with zero attached hydrogens (tertiary/aromatic N) is 1. The zero-order valence-corrected chi connectivity index (χ0v) is 11.6. The van der Waals surface area contributed by atoms with Gasteiger partial charge < -0.3 is 25.8 Å². The number of benzene rings is 1. The predicted molar refractivity (Wildman–Crippen MR) is 75.4 cm³/mol. The van der Waals surface area contributed by atoms with E-state index in [-0.39, 0.29) is 11.3 Å². The van der Waals surface area contributed by atoms with Crippen LogP contribution in [0, 0.1) is 5.82 Å². The molecule has 1 spiro atoms. The lowest BCUT2D eigenvalue weighted by molar-refractivity contribution is -0.161. The summed E-state index contributed by atoms with van der Waals surface area (Å²) in [6.45, 7) is 2.18. The van der Waals surface area contributed by atoms with Crippen molar-refractivity contribution in [3.8, 4) is 0 Å². The topological polar surface area (TPSA) is 90.8 Å². The van der Waals surface area contributed by atoms with Gasteiger partial charge in [-0.3, -0.25) is 4.79 Å². The fourth-order valence-corrected chi connectivity index (χ4v) is 2.96. The Labute approximate surface area is 121 Å². The molecule has 1 amide bonds. The molecule has 0 radical (unpaired) electrons. The highest BCUT2D eigenvalue weighted by Gasteiger charge is 2.41. The Balaban J connectivity index is 1.92. The number of nitrogens with two attached hydrogens (primary N) is 2. The van der Waals surface area contributed by atoms with Gasteiger partial charge in [-0.05, 0) is 18.6 Å². The van der Waals surface area contributed by atoms with Gasteiger partial charge in [-0.2, -0.15) is 0 Å². The van der Waals surface area contributed by atoms with Crippen molar-refractivity contribution in [2.45, 2.75) is 18.6 Å². The Morgan fingerprint density at radius 3 is 2.71 bits per heavy atom. The van der Waals surface area contributed by atoms with Crippen LogP contribution in [0.25, 0.3) is 0 Å². The molecule has 0 saturated carbocycles. The first-order valence-corrected chi connectivity index (χ1v) is 6.92. The van der Waals surface area contributed by atoms with Crippen molar-refractivity contribution in [2.24, 2.45) is 5.73 Å². The Morgan fingerprint density at radius 1 is 1.33 bits per heavy atom. The molecular weight excluding hydrogens is 277 g/mol. The van der Waals surface area contributed by atoms with Crippen molar-refractivity contribution in [2.75, 3.05) is 36.9 Å². The molecule has 2 aliphatic rings. The summed E-state index contributed by atoms with van der Waals surface area (Å²) in [6.07, 6.45) is 1.60. The monoisotopic (exact) mass is 295 g/mol. The standard InChI is InChI=1S/C14H18FN3O3/c15-10-7-11(16)9(13(17)19)6-12(10)18-3-1-2-14(8-18)20-4-5-21-14/h6-7H,1-5,8,16H2,(H2,17,19). The number of rotatable bonds is 2. The molecule has 1 aromatic rings. The van der Waals surface area contributed by atoms with Gasteiger partial charge in [0.25, 0.3) is 5.91 Å². The number of carbonyl (C=O) groups excluding carboxylic acids is 1. The summed E-state index contributed by atoms with van der Waals surface area (Å²) in [5.74, 6) is -1.82. The van der Waals surface area contributed by atoms with Gasteiger partial charge >= 0.3 is 0 Å². The van der Waals surface area contributed by atoms with Crippen LogP contribution in [0.3, 0.4) is 0 Å². The van der Waals surface area contributed by atoms with E-state index < -0.39 is 17.5 Å². The normalized spacial score (nSPS) is 20.9. The molecule has 2 fully saturated rings. The maximum atomic E-state index is 14.2. The van der Waals surface area contributed by atoms with Gasteiger partial charge in [0.2, 0.25) is 0 Å². The van der Waals surface area contributed by atoms with Crippen molar-refractivity contribution >= 4 is 17.3 Å². The van der Waals surface area contributed by atoms with Crippen LogP contribution in [0.5, 0.6) is 0 Å². The zero-order valence-electron chi connectivity index (χ0n) is 11.6. The van der Waals surface area contributed by atoms with Crippen molar-refractivity contribution in [1.29, 1.82) is 0 Å². The van der Waals surface area contributed by atoms with Crippen LogP contribution in [0.2, 0.25) is 0 Å². The quantitative estimate of drug-likeness (QED) is 0.789. The second kappa shape index (κ2) is 5.16. The zero-order chi connectivity index (χ0) is 15.0. The summed E-state index contributed by atoms with van der Waals surface area (Å²) >= 11 is 0. The number of amides is 1. The number of hydrogen-bond donors (Lipinski definition) is 2. The molecule has 2 heterocycles. The molecule has 114 valence electrons. The summed E-state index contributed by atoms with van der Waals surface area (Å²) in [4.78, 5) is 13.2. The van der Waals surface area contributed by atoms with Crippen LogP contribution in [0.4, 0.5) is 15.8 Å². The number of piperidine rings is 1. The smallest absolute Gasteiger partial charge is 0.250 e. The summed E-state index contributed by atoms with van der Waals surface area (Å²) in [6, 6.07) is 2.54. The molecule has 2 saturated heterocycles. The lowest BCUT2D eigenvalue weighted by atomic mass is 10.0. The van der Waals surface area contributed by atoms with E-state index in [1.54, 1.807) is 0 Å². The molecule has 0 bridgehead atoms. The van der Waals surface area contributed by atoms with Gasteiger partial charge in [-0.25, -0.2) is 4.39 Å². The molecule has 4 N–H and O–H groups in total. The lowest BCUT2D eigenvalue weighted by Gasteiger charge is -2.40. The first-order valence-electron chi connectivity index (χ1n) is 6.92. The molecule has 3 rings (SSSR count). The van der Waals surface area contributed by atoms with Crippen LogP contribution >= 0.6 is 0 Å². The number of nitrogen functional groups attached to an aromatic ring is 1. The Morgan fingerprint density at radius 2 is 2.05 bits per heavy atom.